The second-order valence-corrected chi connectivity index (χ2v) is 5.99. The Morgan fingerprint density at radius 3 is 3.05 bits per heavy atom. The van der Waals surface area contributed by atoms with Gasteiger partial charge in [-0.1, -0.05) is 6.07 Å². The zero-order chi connectivity index (χ0) is 13.7. The maximum Gasteiger partial charge on any atom is 0.102 e. The van der Waals surface area contributed by atoms with Crippen molar-refractivity contribution in [3.63, 3.8) is 0 Å². The molecule has 1 aliphatic heterocycles. The van der Waals surface area contributed by atoms with Gasteiger partial charge in [-0.15, -0.1) is 11.8 Å². The Balaban J connectivity index is 2.01. The van der Waals surface area contributed by atoms with Crippen LogP contribution in [0.15, 0.2) is 23.1 Å². The topological polar surface area (TPSA) is 39.1 Å². The Kier molecular flexibility index (Phi) is 5.12. The zero-order valence-corrected chi connectivity index (χ0v) is 12.5. The summed E-state index contributed by atoms with van der Waals surface area (Å²) < 4.78 is 0. The number of piperidine rings is 1. The summed E-state index contributed by atoms with van der Waals surface area (Å²) in [5.74, 6) is 0.684. The maximum absolute atomic E-state index is 9.30. The van der Waals surface area contributed by atoms with E-state index in [9.17, 15) is 5.26 Å². The smallest absolute Gasteiger partial charge is 0.102 e. The molecule has 0 amide bonds. The molecule has 4 heteroatoms. The second-order valence-electron chi connectivity index (χ2n) is 5.15. The van der Waals surface area contributed by atoms with Crippen LogP contribution in [0.4, 0.5) is 5.69 Å². The molecule has 102 valence electrons. The summed E-state index contributed by atoms with van der Waals surface area (Å²) in [4.78, 5) is 3.44. The summed E-state index contributed by atoms with van der Waals surface area (Å²) in [7, 11) is 2.18. The second kappa shape index (κ2) is 6.83. The molecule has 1 fully saturated rings. The highest BCUT2D eigenvalue weighted by molar-refractivity contribution is 7.98. The van der Waals surface area contributed by atoms with Crippen LogP contribution in [-0.4, -0.2) is 37.8 Å². The number of rotatable bonds is 4. The summed E-state index contributed by atoms with van der Waals surface area (Å²) in [6, 6.07) is 8.34. The molecule has 3 nitrogen and oxygen atoms in total. The number of benzene rings is 1. The molecule has 0 radical (unpaired) electrons. The van der Waals surface area contributed by atoms with E-state index in [1.165, 1.54) is 19.4 Å². The molecule has 0 aliphatic carbocycles. The Morgan fingerprint density at radius 2 is 2.37 bits per heavy atom. The Hall–Kier alpha value is -1.18. The Morgan fingerprint density at radius 1 is 1.53 bits per heavy atom. The van der Waals surface area contributed by atoms with E-state index in [4.69, 9.17) is 0 Å². The van der Waals surface area contributed by atoms with Crippen LogP contribution in [0.5, 0.6) is 0 Å². The highest BCUT2D eigenvalue weighted by Crippen LogP contribution is 2.27. The van der Waals surface area contributed by atoms with Gasteiger partial charge < -0.3 is 10.2 Å². The molecule has 1 saturated heterocycles. The normalized spacial score (nSPS) is 19.9. The number of nitrogens with zero attached hydrogens (tertiary/aromatic N) is 2. The summed E-state index contributed by atoms with van der Waals surface area (Å²) in [6.45, 7) is 3.32. The molecular formula is C15H21N3S. The van der Waals surface area contributed by atoms with Gasteiger partial charge in [-0.05, 0) is 50.7 Å². The molecule has 1 aromatic carbocycles. The lowest BCUT2D eigenvalue weighted by Crippen LogP contribution is -2.35. The van der Waals surface area contributed by atoms with Crippen LogP contribution in [0, 0.1) is 17.2 Å². The molecule has 1 aliphatic rings. The first-order valence-corrected chi connectivity index (χ1v) is 7.96. The summed E-state index contributed by atoms with van der Waals surface area (Å²) in [5, 5.41) is 12.8. The highest BCUT2D eigenvalue weighted by atomic mass is 32.2. The van der Waals surface area contributed by atoms with Crippen molar-refractivity contribution >= 4 is 17.4 Å². The SMILES string of the molecule is CSc1cccc(NCC2CCCN(C)C2)c1C#N. The highest BCUT2D eigenvalue weighted by Gasteiger charge is 2.17. The van der Waals surface area contributed by atoms with Gasteiger partial charge in [-0.25, -0.2) is 0 Å². The standard InChI is InChI=1S/C15H21N3S/c1-18-8-4-5-12(11-18)10-17-14-6-3-7-15(19-2)13(14)9-16/h3,6-7,12,17H,4-5,8,10-11H2,1-2H3. The minimum atomic E-state index is 0.684. The molecular weight excluding hydrogens is 254 g/mol. The van der Waals surface area contributed by atoms with E-state index in [1.807, 2.05) is 24.5 Å². The number of nitrogens with one attached hydrogen (secondary N) is 1. The lowest BCUT2D eigenvalue weighted by atomic mass is 9.98. The maximum atomic E-state index is 9.30. The molecule has 19 heavy (non-hydrogen) atoms. The molecule has 2 rings (SSSR count). The lowest BCUT2D eigenvalue weighted by molar-refractivity contribution is 0.217. The van der Waals surface area contributed by atoms with E-state index in [0.29, 0.717) is 5.92 Å². The van der Waals surface area contributed by atoms with Crippen molar-refractivity contribution in [1.82, 2.24) is 4.90 Å². The molecule has 0 bridgehead atoms. The average molecular weight is 275 g/mol. The molecule has 1 heterocycles. The van der Waals surface area contributed by atoms with Crippen molar-refractivity contribution in [2.75, 3.05) is 38.3 Å². The fourth-order valence-corrected chi connectivity index (χ4v) is 3.23. The number of thioether (sulfide) groups is 1. The zero-order valence-electron chi connectivity index (χ0n) is 11.6. The molecule has 1 N–H and O–H groups in total. The van der Waals surface area contributed by atoms with Gasteiger partial charge in [-0.2, -0.15) is 5.26 Å². The van der Waals surface area contributed by atoms with Gasteiger partial charge in [0.25, 0.3) is 0 Å². The van der Waals surface area contributed by atoms with Gasteiger partial charge in [0.15, 0.2) is 0 Å². The molecule has 0 saturated carbocycles. The van der Waals surface area contributed by atoms with E-state index < -0.39 is 0 Å². The van der Waals surface area contributed by atoms with Crippen molar-refractivity contribution in [2.24, 2.45) is 5.92 Å². The summed E-state index contributed by atoms with van der Waals surface area (Å²) in [6.07, 6.45) is 4.57. The predicted molar refractivity (Wildman–Crippen MR) is 81.6 cm³/mol. The van der Waals surface area contributed by atoms with Crippen LogP contribution in [0.2, 0.25) is 0 Å². The first-order valence-electron chi connectivity index (χ1n) is 6.74. The van der Waals surface area contributed by atoms with E-state index in [0.717, 1.165) is 29.2 Å². The van der Waals surface area contributed by atoms with Crippen molar-refractivity contribution in [1.29, 1.82) is 5.26 Å². The van der Waals surface area contributed by atoms with Crippen LogP contribution < -0.4 is 5.32 Å². The molecule has 1 aromatic rings. The summed E-state index contributed by atoms with van der Waals surface area (Å²) in [5.41, 5.74) is 1.75. The number of hydrogen-bond acceptors (Lipinski definition) is 4. The van der Waals surface area contributed by atoms with E-state index in [-0.39, 0.29) is 0 Å². The molecule has 0 aromatic heterocycles. The van der Waals surface area contributed by atoms with Crippen molar-refractivity contribution in [3.05, 3.63) is 23.8 Å². The van der Waals surface area contributed by atoms with Gasteiger partial charge >= 0.3 is 0 Å². The van der Waals surface area contributed by atoms with Gasteiger partial charge in [0.05, 0.1) is 11.3 Å². The molecule has 1 atom stereocenters. The molecule has 1 unspecified atom stereocenters. The lowest BCUT2D eigenvalue weighted by Gasteiger charge is -2.30. The minimum absolute atomic E-state index is 0.684. The van der Waals surface area contributed by atoms with Crippen molar-refractivity contribution < 1.29 is 0 Å². The first kappa shape index (κ1) is 14.2. The van der Waals surface area contributed by atoms with Crippen LogP contribution in [0.1, 0.15) is 18.4 Å². The van der Waals surface area contributed by atoms with Crippen molar-refractivity contribution in [3.8, 4) is 6.07 Å². The van der Waals surface area contributed by atoms with Crippen molar-refractivity contribution in [2.45, 2.75) is 17.7 Å². The van der Waals surface area contributed by atoms with Gasteiger partial charge in [-0.3, -0.25) is 0 Å². The predicted octanol–water partition coefficient (Wildman–Crippen LogP) is 3.03. The third-order valence-electron chi connectivity index (χ3n) is 3.66. The van der Waals surface area contributed by atoms with E-state index >= 15 is 0 Å². The molecule has 0 spiro atoms. The average Bonchev–Trinajstić information content (AvgIpc) is 2.44. The Labute approximate surface area is 120 Å². The first-order chi connectivity index (χ1) is 9.24. The third kappa shape index (κ3) is 3.65. The van der Waals surface area contributed by atoms with Crippen LogP contribution in [-0.2, 0) is 0 Å². The van der Waals surface area contributed by atoms with Gasteiger partial charge in [0, 0.05) is 18.0 Å². The summed E-state index contributed by atoms with van der Waals surface area (Å²) >= 11 is 1.63. The monoisotopic (exact) mass is 275 g/mol. The van der Waals surface area contributed by atoms with Gasteiger partial charge in [0.2, 0.25) is 0 Å². The number of anilines is 1. The minimum Gasteiger partial charge on any atom is -0.384 e. The fraction of sp³-hybridized carbons (Fsp3) is 0.533. The van der Waals surface area contributed by atoms with Crippen LogP contribution in [0.25, 0.3) is 0 Å². The van der Waals surface area contributed by atoms with E-state index in [2.05, 4.69) is 23.3 Å². The number of nitriles is 1. The Bertz CT molecular complexity index is 467. The van der Waals surface area contributed by atoms with Gasteiger partial charge in [0.1, 0.15) is 6.07 Å². The van der Waals surface area contributed by atoms with Crippen LogP contribution in [0.3, 0.4) is 0 Å². The number of hydrogen-bond donors (Lipinski definition) is 1. The van der Waals surface area contributed by atoms with Crippen LogP contribution >= 0.6 is 11.8 Å². The van der Waals surface area contributed by atoms with E-state index in [1.54, 1.807) is 11.8 Å². The largest absolute Gasteiger partial charge is 0.384 e. The quantitative estimate of drug-likeness (QED) is 0.857. The third-order valence-corrected chi connectivity index (χ3v) is 4.44. The number of likely N-dealkylation sites (tertiary alicyclic amines) is 1. The fourth-order valence-electron chi connectivity index (χ4n) is 2.66.